The molecule has 0 heterocycles. The predicted octanol–water partition coefficient (Wildman–Crippen LogP) is 18.2. The zero-order valence-electron chi connectivity index (χ0n) is 37.5. The van der Waals surface area contributed by atoms with Gasteiger partial charge < -0.3 is 0 Å². The second-order valence-electron chi connectivity index (χ2n) is 20.3. The SMILES string of the molecule is CC(C)[Si](CCc1c2ccccc2c2ccc3c4ccc5c(CC[Si](C(C)C)(C(C)C)C(C)C)c6ccccc6c6ccc(c7ccc1c2c73)c4c56)(C(C)C)C(C)C. The second-order valence-corrected chi connectivity index (χ2v) is 32.7. The van der Waals surface area contributed by atoms with Crippen LogP contribution in [0.4, 0.5) is 0 Å². The van der Waals surface area contributed by atoms with Crippen molar-refractivity contribution < 1.29 is 0 Å². The first-order valence-electron chi connectivity index (χ1n) is 22.9. The summed E-state index contributed by atoms with van der Waals surface area (Å²) in [5.41, 5.74) is 7.68. The van der Waals surface area contributed by atoms with Gasteiger partial charge in [0.15, 0.2) is 0 Å². The maximum atomic E-state index is 2.53. The molecule has 0 amide bonds. The summed E-state index contributed by atoms with van der Waals surface area (Å²) in [7, 11) is -3.20. The Morgan fingerprint density at radius 1 is 0.276 bits per heavy atom. The molecule has 9 aromatic rings. The normalized spacial score (nSPS) is 13.7. The number of hydrogen-bond acceptors (Lipinski definition) is 0. The number of aryl methyl sites for hydroxylation is 2. The van der Waals surface area contributed by atoms with Crippen molar-refractivity contribution in [2.45, 2.75) is 141 Å². The first-order chi connectivity index (χ1) is 27.7. The van der Waals surface area contributed by atoms with E-state index in [4.69, 9.17) is 0 Å². The highest BCUT2D eigenvalue weighted by Crippen LogP contribution is 2.52. The molecule has 0 atom stereocenters. The van der Waals surface area contributed by atoms with Gasteiger partial charge in [0, 0.05) is 0 Å². The maximum Gasteiger partial charge on any atom is 0.0616 e. The topological polar surface area (TPSA) is 0 Å². The molecule has 0 nitrogen and oxygen atoms in total. The molecular weight excluding hydrogens is 729 g/mol. The van der Waals surface area contributed by atoms with Crippen molar-refractivity contribution in [1.29, 1.82) is 0 Å². The first-order valence-corrected chi connectivity index (χ1v) is 27.8. The molecule has 0 fully saturated rings. The summed E-state index contributed by atoms with van der Waals surface area (Å²) in [6.45, 7) is 30.3. The number of benzene rings is 9. The summed E-state index contributed by atoms with van der Waals surface area (Å²) in [6.07, 6.45) is 2.31. The summed E-state index contributed by atoms with van der Waals surface area (Å²) >= 11 is 0. The van der Waals surface area contributed by atoms with Crippen LogP contribution in [0.3, 0.4) is 0 Å². The smallest absolute Gasteiger partial charge is 0.0616 e. The Morgan fingerprint density at radius 2 is 0.500 bits per heavy atom. The van der Waals surface area contributed by atoms with E-state index in [1.165, 1.54) is 98.3 Å². The monoisotopic (exact) mass is 794 g/mol. The van der Waals surface area contributed by atoms with Crippen LogP contribution in [0.5, 0.6) is 0 Å². The Balaban J connectivity index is 1.33. The largest absolute Gasteiger partial charge is 0.0651 e. The molecule has 58 heavy (non-hydrogen) atoms. The number of rotatable bonds is 12. The lowest BCUT2D eigenvalue weighted by Crippen LogP contribution is -2.44. The molecule has 0 saturated carbocycles. The lowest BCUT2D eigenvalue weighted by atomic mass is 9.81. The Kier molecular flexibility index (Phi) is 9.76. The van der Waals surface area contributed by atoms with Crippen LogP contribution in [0.2, 0.25) is 45.3 Å². The fourth-order valence-electron chi connectivity index (χ4n) is 14.0. The molecule has 0 bridgehead atoms. The van der Waals surface area contributed by atoms with Gasteiger partial charge in [-0.3, -0.25) is 0 Å². The standard InChI is InChI=1S/C56H66Si2/c1-33(2)57(34(3)4,35(5)6)31-29-43-39-17-13-15-19-41(39)45-21-25-49-52-28-24-48-44(30-32-58(36(7)8,37(9)10)38(11)12)40-18-14-16-20-42(40)46-22-26-50(56(52)54(46)48)51-27-23-47(43)53(45)55(49)51/h13-28,33-38H,29-32H2,1-12H3. The maximum absolute atomic E-state index is 2.53. The van der Waals surface area contributed by atoms with Crippen molar-refractivity contribution in [1.82, 2.24) is 0 Å². The van der Waals surface area contributed by atoms with E-state index >= 15 is 0 Å². The van der Waals surface area contributed by atoms with Crippen molar-refractivity contribution in [3.63, 3.8) is 0 Å². The first kappa shape index (κ1) is 39.5. The summed E-state index contributed by atoms with van der Waals surface area (Å²) in [6, 6.07) is 41.3. The molecule has 0 aliphatic carbocycles. The lowest BCUT2D eigenvalue weighted by molar-refractivity contribution is 0.790. The van der Waals surface area contributed by atoms with Crippen LogP contribution in [-0.2, 0) is 12.8 Å². The highest BCUT2D eigenvalue weighted by atomic mass is 28.3. The van der Waals surface area contributed by atoms with Crippen LogP contribution in [0.1, 0.15) is 94.2 Å². The zero-order chi connectivity index (χ0) is 41.0. The van der Waals surface area contributed by atoms with Crippen molar-refractivity contribution >= 4 is 102 Å². The van der Waals surface area contributed by atoms with Gasteiger partial charge in [-0.25, -0.2) is 0 Å². The molecule has 9 aromatic carbocycles. The van der Waals surface area contributed by atoms with Crippen molar-refractivity contribution in [3.05, 3.63) is 108 Å². The fraction of sp³-hybridized carbons (Fsp3) is 0.393. The molecule has 0 aromatic heterocycles. The molecule has 0 radical (unpaired) electrons. The van der Waals surface area contributed by atoms with Gasteiger partial charge in [0.05, 0.1) is 16.1 Å². The van der Waals surface area contributed by atoms with Gasteiger partial charge in [0.2, 0.25) is 0 Å². The lowest BCUT2D eigenvalue weighted by Gasteiger charge is -2.43. The van der Waals surface area contributed by atoms with Crippen LogP contribution in [0, 0.1) is 0 Å². The van der Waals surface area contributed by atoms with Crippen LogP contribution < -0.4 is 0 Å². The fourth-order valence-corrected chi connectivity index (χ4v) is 26.9. The summed E-state index contributed by atoms with van der Waals surface area (Å²) in [5, 5.41) is 23.0. The van der Waals surface area contributed by atoms with Crippen molar-refractivity contribution in [2.75, 3.05) is 0 Å². The average Bonchev–Trinajstić information content (AvgIpc) is 3.19. The molecule has 0 N–H and O–H groups in total. The Labute approximate surface area is 350 Å². The van der Waals surface area contributed by atoms with Gasteiger partial charge in [-0.1, -0.05) is 225 Å². The van der Waals surface area contributed by atoms with E-state index in [1.54, 1.807) is 11.1 Å². The van der Waals surface area contributed by atoms with E-state index < -0.39 is 16.1 Å². The second kappa shape index (κ2) is 14.3. The molecule has 0 unspecified atom stereocenters. The van der Waals surface area contributed by atoms with Gasteiger partial charge >= 0.3 is 0 Å². The minimum atomic E-state index is -1.60. The van der Waals surface area contributed by atoms with Crippen molar-refractivity contribution in [2.24, 2.45) is 0 Å². The molecular formula is C56H66Si2. The third-order valence-electron chi connectivity index (χ3n) is 16.7. The molecule has 9 rings (SSSR count). The highest BCUT2D eigenvalue weighted by Gasteiger charge is 2.43. The zero-order valence-corrected chi connectivity index (χ0v) is 39.5. The van der Waals surface area contributed by atoms with Crippen LogP contribution in [0.15, 0.2) is 97.1 Å². The van der Waals surface area contributed by atoms with Crippen LogP contribution in [-0.4, -0.2) is 16.1 Å². The number of hydrogen-bond donors (Lipinski definition) is 0. The van der Waals surface area contributed by atoms with Gasteiger partial charge in [-0.2, -0.15) is 0 Å². The molecule has 0 aliphatic heterocycles. The molecule has 0 spiro atoms. The van der Waals surface area contributed by atoms with E-state index in [9.17, 15) is 0 Å². The van der Waals surface area contributed by atoms with E-state index in [1.807, 2.05) is 0 Å². The predicted molar refractivity (Wildman–Crippen MR) is 268 cm³/mol. The van der Waals surface area contributed by atoms with Gasteiger partial charge in [0.25, 0.3) is 0 Å². The number of fused-ring (bicyclic) bond motifs is 6. The van der Waals surface area contributed by atoms with Crippen molar-refractivity contribution in [3.8, 4) is 0 Å². The third-order valence-corrected chi connectivity index (χ3v) is 31.8. The van der Waals surface area contributed by atoms with E-state index in [2.05, 4.69) is 180 Å². The summed E-state index contributed by atoms with van der Waals surface area (Å²) < 4.78 is 0. The molecule has 0 aliphatic rings. The van der Waals surface area contributed by atoms with E-state index in [0.29, 0.717) is 0 Å². The van der Waals surface area contributed by atoms with Gasteiger partial charge in [-0.05, 0) is 110 Å². The quantitative estimate of drug-likeness (QED) is 0.0656. The summed E-state index contributed by atoms with van der Waals surface area (Å²) in [4.78, 5) is 0. The Bertz CT molecular complexity index is 2710. The van der Waals surface area contributed by atoms with Crippen LogP contribution in [0.25, 0.3) is 86.2 Å². The van der Waals surface area contributed by atoms with E-state index in [0.717, 1.165) is 46.1 Å². The Morgan fingerprint density at radius 3 is 0.776 bits per heavy atom. The molecule has 2 heteroatoms. The Hall–Kier alpha value is -3.99. The highest BCUT2D eigenvalue weighted by molar-refractivity contribution is 6.84. The minimum Gasteiger partial charge on any atom is -0.0651 e. The molecule has 298 valence electrons. The minimum absolute atomic E-state index is 0.757. The summed E-state index contributed by atoms with van der Waals surface area (Å²) in [5.74, 6) is 0. The van der Waals surface area contributed by atoms with Gasteiger partial charge in [0.1, 0.15) is 0 Å². The van der Waals surface area contributed by atoms with Crippen LogP contribution >= 0.6 is 0 Å². The average molecular weight is 795 g/mol. The third kappa shape index (κ3) is 5.42. The van der Waals surface area contributed by atoms with E-state index in [-0.39, 0.29) is 0 Å². The van der Waals surface area contributed by atoms with Gasteiger partial charge in [-0.15, -0.1) is 0 Å². The molecule has 0 saturated heterocycles.